The highest BCUT2D eigenvalue weighted by molar-refractivity contribution is 6.30. The maximum atomic E-state index is 13.3. The van der Waals surface area contributed by atoms with Gasteiger partial charge in [0.15, 0.2) is 6.04 Å². The van der Waals surface area contributed by atoms with Crippen molar-refractivity contribution in [1.82, 2.24) is 5.01 Å². The first kappa shape index (κ1) is 18.2. The minimum absolute atomic E-state index is 0.0114. The number of nitrogens with one attached hydrogen (secondary N) is 1. The average Bonchev–Trinajstić information content (AvgIpc) is 3.38. The Morgan fingerprint density at radius 2 is 2.00 bits per heavy atom. The molecule has 7 heteroatoms. The monoisotopic (exact) mass is 388 g/mol. The lowest BCUT2D eigenvalue weighted by Crippen LogP contribution is -3.18. The second kappa shape index (κ2) is 7.84. The molecule has 1 aromatic carbocycles. The van der Waals surface area contributed by atoms with Crippen LogP contribution in [0.2, 0.25) is 5.02 Å². The summed E-state index contributed by atoms with van der Waals surface area (Å²) >= 11 is 6.00. The van der Waals surface area contributed by atoms with Gasteiger partial charge in [0, 0.05) is 11.4 Å². The topological polar surface area (TPSA) is 59.5 Å². The number of hydrogen-bond donors (Lipinski definition) is 1. The van der Waals surface area contributed by atoms with Crippen LogP contribution in [-0.2, 0) is 9.53 Å². The molecule has 2 aromatic rings. The van der Waals surface area contributed by atoms with E-state index in [-0.39, 0.29) is 18.0 Å². The van der Waals surface area contributed by atoms with E-state index in [1.54, 1.807) is 11.3 Å². The van der Waals surface area contributed by atoms with Crippen molar-refractivity contribution in [3.63, 3.8) is 0 Å². The lowest BCUT2D eigenvalue weighted by Gasteiger charge is -2.31. The molecule has 1 N–H and O–H groups in total. The van der Waals surface area contributed by atoms with Gasteiger partial charge in [-0.1, -0.05) is 23.7 Å². The largest absolute Gasteiger partial charge is 0.467 e. The van der Waals surface area contributed by atoms with Gasteiger partial charge in [0.2, 0.25) is 0 Å². The number of halogens is 1. The number of carbonyl (C=O) groups is 1. The van der Waals surface area contributed by atoms with Crippen molar-refractivity contribution >= 4 is 23.2 Å². The van der Waals surface area contributed by atoms with Gasteiger partial charge in [-0.05, 0) is 36.8 Å². The maximum Gasteiger partial charge on any atom is 0.301 e. The number of morpholine rings is 1. The van der Waals surface area contributed by atoms with E-state index in [0.717, 1.165) is 30.1 Å². The van der Waals surface area contributed by atoms with Crippen molar-refractivity contribution in [2.24, 2.45) is 5.10 Å². The van der Waals surface area contributed by atoms with Crippen LogP contribution in [0.3, 0.4) is 0 Å². The minimum Gasteiger partial charge on any atom is -0.467 e. The van der Waals surface area contributed by atoms with E-state index in [1.807, 2.05) is 43.3 Å². The molecule has 0 bridgehead atoms. The van der Waals surface area contributed by atoms with Gasteiger partial charge in [-0.3, -0.25) is 4.79 Å². The fourth-order valence-corrected chi connectivity index (χ4v) is 3.80. The highest BCUT2D eigenvalue weighted by Gasteiger charge is 2.40. The van der Waals surface area contributed by atoms with Crippen molar-refractivity contribution in [2.75, 3.05) is 26.3 Å². The number of furan rings is 1. The lowest BCUT2D eigenvalue weighted by molar-refractivity contribution is -0.922. The van der Waals surface area contributed by atoms with Crippen molar-refractivity contribution in [3.05, 3.63) is 59.0 Å². The Hall–Kier alpha value is -2.15. The third-order valence-corrected chi connectivity index (χ3v) is 5.56. The Morgan fingerprint density at radius 1 is 1.26 bits per heavy atom. The molecule has 1 aromatic heterocycles. The molecule has 0 aliphatic carbocycles. The van der Waals surface area contributed by atoms with Crippen molar-refractivity contribution in [1.29, 1.82) is 0 Å². The third-order valence-electron chi connectivity index (χ3n) is 5.30. The number of hydrazone groups is 1. The second-order valence-electron chi connectivity index (χ2n) is 6.96. The van der Waals surface area contributed by atoms with Gasteiger partial charge in [0.25, 0.3) is 0 Å². The minimum atomic E-state index is -0.221. The molecular weight excluding hydrogens is 366 g/mol. The first-order valence-electron chi connectivity index (χ1n) is 9.25. The summed E-state index contributed by atoms with van der Waals surface area (Å²) in [5.74, 6) is 0.762. The first-order valence-corrected chi connectivity index (χ1v) is 9.63. The molecule has 0 radical (unpaired) electrons. The zero-order chi connectivity index (χ0) is 18.8. The molecule has 1 amide bonds. The summed E-state index contributed by atoms with van der Waals surface area (Å²) in [6.07, 6.45) is 2.25. The normalized spacial score (nSPS) is 21.9. The Balaban J connectivity index is 1.61. The SMILES string of the molecule is C[C@@H](C(=O)N1N=C(c2ccc(Cl)cc2)C[C@@H]1c1ccco1)[NH+]1CCOCC1. The number of ether oxygens (including phenoxy) is 1. The molecule has 142 valence electrons. The Bertz CT molecular complexity index is 814. The van der Waals surface area contributed by atoms with Crippen molar-refractivity contribution < 1.29 is 18.8 Å². The van der Waals surface area contributed by atoms with Crippen LogP contribution in [0, 0.1) is 0 Å². The van der Waals surface area contributed by atoms with Crippen molar-refractivity contribution in [2.45, 2.75) is 25.4 Å². The van der Waals surface area contributed by atoms with E-state index in [2.05, 4.69) is 0 Å². The molecule has 27 heavy (non-hydrogen) atoms. The molecule has 2 aliphatic heterocycles. The Morgan fingerprint density at radius 3 is 2.67 bits per heavy atom. The van der Waals surface area contributed by atoms with Crippen LogP contribution in [0.25, 0.3) is 0 Å². The highest BCUT2D eigenvalue weighted by Crippen LogP contribution is 2.33. The summed E-state index contributed by atoms with van der Waals surface area (Å²) in [6.45, 7) is 5.01. The van der Waals surface area contributed by atoms with Crippen LogP contribution < -0.4 is 4.90 Å². The average molecular weight is 389 g/mol. The molecular formula is C20H23ClN3O3+. The Labute approximate surface area is 163 Å². The molecule has 4 rings (SSSR count). The van der Waals surface area contributed by atoms with E-state index >= 15 is 0 Å². The first-order chi connectivity index (χ1) is 13.1. The predicted octanol–water partition coefficient (Wildman–Crippen LogP) is 1.91. The summed E-state index contributed by atoms with van der Waals surface area (Å²) in [6, 6.07) is 10.9. The van der Waals surface area contributed by atoms with Crippen LogP contribution in [0.1, 0.15) is 30.7 Å². The van der Waals surface area contributed by atoms with Gasteiger partial charge < -0.3 is 14.1 Å². The van der Waals surface area contributed by atoms with E-state index in [4.69, 9.17) is 25.9 Å². The van der Waals surface area contributed by atoms with Crippen LogP contribution >= 0.6 is 11.6 Å². The van der Waals surface area contributed by atoms with E-state index in [0.29, 0.717) is 24.7 Å². The van der Waals surface area contributed by atoms with Crippen LogP contribution in [-0.4, -0.2) is 49.0 Å². The van der Waals surface area contributed by atoms with Crippen LogP contribution in [0.4, 0.5) is 0 Å². The zero-order valence-corrected chi connectivity index (χ0v) is 16.0. The molecule has 0 spiro atoms. The van der Waals surface area contributed by atoms with E-state index < -0.39 is 0 Å². The van der Waals surface area contributed by atoms with Gasteiger partial charge in [-0.25, -0.2) is 5.01 Å². The van der Waals surface area contributed by atoms with Gasteiger partial charge in [-0.2, -0.15) is 5.10 Å². The standard InChI is InChI=1S/C20H22ClN3O3/c1-14(23-8-11-26-12-9-23)20(25)24-18(19-3-2-10-27-19)13-17(22-24)15-4-6-16(21)7-5-15/h2-7,10,14,18H,8-9,11-13H2,1H3/p+1/t14-,18+/m0/s1. The van der Waals surface area contributed by atoms with Crippen LogP contribution in [0.5, 0.6) is 0 Å². The molecule has 3 heterocycles. The lowest BCUT2D eigenvalue weighted by atomic mass is 10.0. The molecule has 1 saturated heterocycles. The van der Waals surface area contributed by atoms with Crippen molar-refractivity contribution in [3.8, 4) is 0 Å². The maximum absolute atomic E-state index is 13.3. The van der Waals surface area contributed by atoms with Gasteiger partial charge >= 0.3 is 5.91 Å². The number of carbonyl (C=O) groups excluding carboxylic acids is 1. The number of amides is 1. The van der Waals surface area contributed by atoms with E-state index in [1.165, 1.54) is 4.90 Å². The summed E-state index contributed by atoms with van der Waals surface area (Å²) in [4.78, 5) is 14.5. The predicted molar refractivity (Wildman–Crippen MR) is 102 cm³/mol. The smallest absolute Gasteiger partial charge is 0.301 e. The zero-order valence-electron chi connectivity index (χ0n) is 15.2. The van der Waals surface area contributed by atoms with Gasteiger partial charge in [0.05, 0.1) is 25.2 Å². The quantitative estimate of drug-likeness (QED) is 0.870. The molecule has 1 fully saturated rings. The Kier molecular flexibility index (Phi) is 5.29. The summed E-state index contributed by atoms with van der Waals surface area (Å²) < 4.78 is 11.0. The third kappa shape index (κ3) is 3.78. The summed E-state index contributed by atoms with van der Waals surface area (Å²) in [5.41, 5.74) is 1.84. The van der Waals surface area contributed by atoms with E-state index in [9.17, 15) is 4.79 Å². The number of nitrogens with zero attached hydrogens (tertiary/aromatic N) is 2. The molecule has 0 unspecified atom stereocenters. The highest BCUT2D eigenvalue weighted by atomic mass is 35.5. The van der Waals surface area contributed by atoms with Crippen LogP contribution in [0.15, 0.2) is 52.2 Å². The number of benzene rings is 1. The second-order valence-corrected chi connectivity index (χ2v) is 7.40. The number of rotatable bonds is 4. The number of quaternary nitrogens is 1. The molecule has 2 aliphatic rings. The fraction of sp³-hybridized carbons (Fsp3) is 0.400. The summed E-state index contributed by atoms with van der Waals surface area (Å²) in [5, 5.41) is 6.98. The number of hydrogen-bond acceptors (Lipinski definition) is 4. The molecule has 6 nitrogen and oxygen atoms in total. The fourth-order valence-electron chi connectivity index (χ4n) is 3.67. The summed E-state index contributed by atoms with van der Waals surface area (Å²) in [7, 11) is 0. The molecule has 0 saturated carbocycles. The van der Waals surface area contributed by atoms with Gasteiger partial charge in [-0.15, -0.1) is 0 Å². The van der Waals surface area contributed by atoms with Gasteiger partial charge in [0.1, 0.15) is 24.9 Å². The molecule has 2 atom stereocenters.